The van der Waals surface area contributed by atoms with Crippen LogP contribution in [0.15, 0.2) is 36.4 Å². The van der Waals surface area contributed by atoms with E-state index in [2.05, 4.69) is 5.32 Å². The van der Waals surface area contributed by atoms with Crippen LogP contribution >= 0.6 is 11.6 Å². The highest BCUT2D eigenvalue weighted by atomic mass is 35.5. The van der Waals surface area contributed by atoms with Crippen LogP contribution < -0.4 is 19.5 Å². The van der Waals surface area contributed by atoms with Crippen molar-refractivity contribution in [1.82, 2.24) is 5.32 Å². The second-order valence-corrected chi connectivity index (χ2v) is 6.47. The molecule has 0 saturated heterocycles. The highest BCUT2D eigenvalue weighted by molar-refractivity contribution is 6.31. The first-order valence-electron chi connectivity index (χ1n) is 9.02. The summed E-state index contributed by atoms with van der Waals surface area (Å²) in [6.45, 7) is 8.68. The minimum atomic E-state index is -0.207. The van der Waals surface area contributed by atoms with Gasteiger partial charge in [0, 0.05) is 5.02 Å². The summed E-state index contributed by atoms with van der Waals surface area (Å²) >= 11 is 5.99. The highest BCUT2D eigenvalue weighted by Crippen LogP contribution is 2.30. The lowest BCUT2D eigenvalue weighted by Crippen LogP contribution is -2.31. The number of rotatable bonds is 9. The molecule has 6 heteroatoms. The summed E-state index contributed by atoms with van der Waals surface area (Å²) in [7, 11) is 0. The zero-order valence-corrected chi connectivity index (χ0v) is 16.9. The molecule has 2 aromatic carbocycles. The van der Waals surface area contributed by atoms with Gasteiger partial charge in [0.05, 0.1) is 19.3 Å². The van der Waals surface area contributed by atoms with Gasteiger partial charge in [-0.3, -0.25) is 4.79 Å². The van der Waals surface area contributed by atoms with Crippen LogP contribution in [0.4, 0.5) is 0 Å². The molecule has 146 valence electrons. The fourth-order valence-corrected chi connectivity index (χ4v) is 2.68. The molecule has 1 amide bonds. The Labute approximate surface area is 165 Å². The van der Waals surface area contributed by atoms with Gasteiger partial charge >= 0.3 is 0 Å². The molecule has 0 aliphatic heterocycles. The molecule has 27 heavy (non-hydrogen) atoms. The molecule has 0 saturated carbocycles. The molecule has 1 atom stereocenters. The molecule has 0 heterocycles. The summed E-state index contributed by atoms with van der Waals surface area (Å²) < 4.78 is 16.7. The van der Waals surface area contributed by atoms with Gasteiger partial charge in [0.15, 0.2) is 18.1 Å². The monoisotopic (exact) mass is 391 g/mol. The first-order valence-corrected chi connectivity index (χ1v) is 9.40. The lowest BCUT2D eigenvalue weighted by atomic mass is 10.1. The molecule has 1 N–H and O–H groups in total. The van der Waals surface area contributed by atoms with Crippen molar-refractivity contribution in [2.75, 3.05) is 19.8 Å². The van der Waals surface area contributed by atoms with E-state index in [9.17, 15) is 4.79 Å². The topological polar surface area (TPSA) is 56.8 Å². The maximum atomic E-state index is 12.2. The van der Waals surface area contributed by atoms with Crippen LogP contribution in [0.1, 0.15) is 37.9 Å². The van der Waals surface area contributed by atoms with Gasteiger partial charge in [-0.25, -0.2) is 0 Å². The standard InChI is InChI=1S/C21H26ClNO4/c1-5-25-19-10-7-16(12-20(19)26-6-2)15(4)23-21(24)13-27-17-8-9-18(22)14(3)11-17/h7-12,15H,5-6,13H2,1-4H3,(H,23,24)/t15-/m0/s1. The molecule has 2 aromatic rings. The predicted octanol–water partition coefficient (Wildman–Crippen LogP) is 4.70. The third-order valence-electron chi connectivity index (χ3n) is 3.94. The largest absolute Gasteiger partial charge is 0.490 e. The third kappa shape index (κ3) is 6.07. The van der Waals surface area contributed by atoms with E-state index in [1.807, 2.05) is 45.9 Å². The summed E-state index contributed by atoms with van der Waals surface area (Å²) in [4.78, 5) is 12.2. The molecular weight excluding hydrogens is 366 g/mol. The van der Waals surface area contributed by atoms with Crippen molar-refractivity contribution in [3.8, 4) is 17.2 Å². The molecule has 0 aliphatic carbocycles. The van der Waals surface area contributed by atoms with Crippen LogP contribution in [0.5, 0.6) is 17.2 Å². The average molecular weight is 392 g/mol. The zero-order valence-electron chi connectivity index (χ0n) is 16.2. The Balaban J connectivity index is 1.96. The molecule has 0 spiro atoms. The lowest BCUT2D eigenvalue weighted by Gasteiger charge is -2.18. The number of carbonyl (C=O) groups is 1. The molecule has 2 rings (SSSR count). The summed E-state index contributed by atoms with van der Waals surface area (Å²) in [5.74, 6) is 1.77. The number of halogens is 1. The van der Waals surface area contributed by atoms with Gasteiger partial charge in [-0.05, 0) is 69.2 Å². The fraction of sp³-hybridized carbons (Fsp3) is 0.381. The van der Waals surface area contributed by atoms with Crippen molar-refractivity contribution in [3.63, 3.8) is 0 Å². The zero-order chi connectivity index (χ0) is 19.8. The number of hydrogen-bond donors (Lipinski definition) is 1. The molecular formula is C21H26ClNO4. The van der Waals surface area contributed by atoms with Gasteiger partial charge in [-0.15, -0.1) is 0 Å². The minimum absolute atomic E-state index is 0.0687. The Hall–Kier alpha value is -2.40. The Bertz CT molecular complexity index is 779. The quantitative estimate of drug-likeness (QED) is 0.673. The minimum Gasteiger partial charge on any atom is -0.490 e. The van der Waals surface area contributed by atoms with E-state index in [4.69, 9.17) is 25.8 Å². The number of carbonyl (C=O) groups excluding carboxylic acids is 1. The van der Waals surface area contributed by atoms with E-state index in [0.29, 0.717) is 35.5 Å². The number of ether oxygens (including phenoxy) is 3. The van der Waals surface area contributed by atoms with E-state index in [-0.39, 0.29) is 18.6 Å². The van der Waals surface area contributed by atoms with Crippen LogP contribution in [0, 0.1) is 6.92 Å². The van der Waals surface area contributed by atoms with Gasteiger partial charge < -0.3 is 19.5 Å². The van der Waals surface area contributed by atoms with E-state index < -0.39 is 0 Å². The molecule has 0 aliphatic rings. The number of hydrogen-bond acceptors (Lipinski definition) is 4. The van der Waals surface area contributed by atoms with E-state index >= 15 is 0 Å². The van der Waals surface area contributed by atoms with Gasteiger partial charge in [-0.2, -0.15) is 0 Å². The molecule has 0 unspecified atom stereocenters. The SMILES string of the molecule is CCOc1ccc([C@H](C)NC(=O)COc2ccc(Cl)c(C)c2)cc1OCC. The second kappa shape index (κ2) is 10.1. The summed E-state index contributed by atoms with van der Waals surface area (Å²) in [6.07, 6.45) is 0. The van der Waals surface area contributed by atoms with Gasteiger partial charge in [0.25, 0.3) is 5.91 Å². The van der Waals surface area contributed by atoms with Crippen LogP contribution in [0.3, 0.4) is 0 Å². The number of nitrogens with one attached hydrogen (secondary N) is 1. The summed E-state index contributed by atoms with van der Waals surface area (Å²) in [5.41, 5.74) is 1.83. The molecule has 0 fully saturated rings. The van der Waals surface area contributed by atoms with Crippen molar-refractivity contribution < 1.29 is 19.0 Å². The van der Waals surface area contributed by atoms with Crippen molar-refractivity contribution in [2.45, 2.75) is 33.7 Å². The van der Waals surface area contributed by atoms with Crippen molar-refractivity contribution in [2.24, 2.45) is 0 Å². The van der Waals surface area contributed by atoms with Crippen molar-refractivity contribution >= 4 is 17.5 Å². The van der Waals surface area contributed by atoms with Gasteiger partial charge in [0.1, 0.15) is 5.75 Å². The van der Waals surface area contributed by atoms with Crippen molar-refractivity contribution in [3.05, 3.63) is 52.5 Å². The van der Waals surface area contributed by atoms with Gasteiger partial charge in [-0.1, -0.05) is 17.7 Å². The first kappa shape index (κ1) is 20.9. The summed E-state index contributed by atoms with van der Waals surface area (Å²) in [5, 5.41) is 3.59. The number of benzene rings is 2. The highest BCUT2D eigenvalue weighted by Gasteiger charge is 2.14. The molecule has 0 radical (unpaired) electrons. The maximum absolute atomic E-state index is 12.2. The molecule has 0 bridgehead atoms. The van der Waals surface area contributed by atoms with Crippen LogP contribution in [0.2, 0.25) is 5.02 Å². The van der Waals surface area contributed by atoms with Gasteiger partial charge in [0.2, 0.25) is 0 Å². The first-order chi connectivity index (χ1) is 12.9. The van der Waals surface area contributed by atoms with E-state index in [0.717, 1.165) is 11.1 Å². The van der Waals surface area contributed by atoms with E-state index in [1.54, 1.807) is 18.2 Å². The predicted molar refractivity (Wildman–Crippen MR) is 107 cm³/mol. The Morgan fingerprint density at radius 3 is 2.41 bits per heavy atom. The third-order valence-corrected chi connectivity index (χ3v) is 4.37. The Morgan fingerprint density at radius 2 is 1.74 bits per heavy atom. The lowest BCUT2D eigenvalue weighted by molar-refractivity contribution is -0.123. The average Bonchev–Trinajstić information content (AvgIpc) is 2.64. The van der Waals surface area contributed by atoms with E-state index in [1.165, 1.54) is 0 Å². The van der Waals surface area contributed by atoms with Crippen LogP contribution in [0.25, 0.3) is 0 Å². The van der Waals surface area contributed by atoms with Crippen LogP contribution in [-0.4, -0.2) is 25.7 Å². The maximum Gasteiger partial charge on any atom is 0.258 e. The normalized spacial score (nSPS) is 11.6. The summed E-state index contributed by atoms with van der Waals surface area (Å²) in [6, 6.07) is 10.8. The second-order valence-electron chi connectivity index (χ2n) is 6.06. The number of amides is 1. The molecule has 0 aromatic heterocycles. The van der Waals surface area contributed by atoms with Crippen LogP contribution in [-0.2, 0) is 4.79 Å². The number of aryl methyl sites for hydroxylation is 1. The fourth-order valence-electron chi connectivity index (χ4n) is 2.56. The Morgan fingerprint density at radius 1 is 1.04 bits per heavy atom. The Kier molecular flexibility index (Phi) is 7.80. The smallest absolute Gasteiger partial charge is 0.258 e. The molecule has 5 nitrogen and oxygen atoms in total. The van der Waals surface area contributed by atoms with Crippen molar-refractivity contribution in [1.29, 1.82) is 0 Å².